The predicted octanol–water partition coefficient (Wildman–Crippen LogP) is 4.52. The summed E-state index contributed by atoms with van der Waals surface area (Å²) in [4.78, 5) is 25.3. The van der Waals surface area contributed by atoms with Crippen molar-refractivity contribution >= 4 is 28.3 Å². The number of hydrogen-bond acceptors (Lipinski definition) is 7. The molecule has 1 aliphatic rings. The lowest BCUT2D eigenvalue weighted by atomic mass is 10.1. The highest BCUT2D eigenvalue weighted by atomic mass is 32.1. The molecule has 3 heterocycles. The van der Waals surface area contributed by atoms with Crippen LogP contribution in [0.3, 0.4) is 0 Å². The first-order valence-corrected chi connectivity index (χ1v) is 12.2. The number of esters is 1. The van der Waals surface area contributed by atoms with E-state index in [9.17, 15) is 4.79 Å². The zero-order chi connectivity index (χ0) is 23.8. The fraction of sp³-hybridized carbons (Fsp3) is 0.346. The maximum Gasteiger partial charge on any atom is 0.311 e. The van der Waals surface area contributed by atoms with Gasteiger partial charge in [-0.05, 0) is 56.3 Å². The van der Waals surface area contributed by atoms with Gasteiger partial charge in [0.1, 0.15) is 23.2 Å². The van der Waals surface area contributed by atoms with Gasteiger partial charge in [0.05, 0.1) is 42.4 Å². The van der Waals surface area contributed by atoms with Crippen molar-refractivity contribution in [2.45, 2.75) is 40.0 Å². The van der Waals surface area contributed by atoms with Gasteiger partial charge < -0.3 is 14.0 Å². The number of aromatic nitrogens is 3. The summed E-state index contributed by atoms with van der Waals surface area (Å²) in [5, 5.41) is 0.844. The van der Waals surface area contributed by atoms with Gasteiger partial charge in [0.2, 0.25) is 0 Å². The van der Waals surface area contributed by atoms with Crippen molar-refractivity contribution in [3.05, 3.63) is 63.9 Å². The molecule has 0 saturated carbocycles. The van der Waals surface area contributed by atoms with Crippen molar-refractivity contribution in [3.63, 3.8) is 0 Å². The molecular weight excluding hydrogens is 448 g/mol. The molecule has 176 valence electrons. The summed E-state index contributed by atoms with van der Waals surface area (Å²) in [6, 6.07) is 12.2. The SMILES string of the molecule is COc1cc(C)ccc1-c1nc(C)c(CC(=O)OCc2ccc3c(c2)nc2n3CCN(C)C2)s1. The highest BCUT2D eigenvalue weighted by Gasteiger charge is 2.19. The predicted molar refractivity (Wildman–Crippen MR) is 133 cm³/mol. The molecule has 0 spiro atoms. The number of fused-ring (bicyclic) bond motifs is 3. The number of benzene rings is 2. The molecule has 0 radical (unpaired) electrons. The lowest BCUT2D eigenvalue weighted by molar-refractivity contribution is -0.144. The van der Waals surface area contributed by atoms with E-state index in [1.807, 2.05) is 44.2 Å². The fourth-order valence-corrected chi connectivity index (χ4v) is 5.38. The van der Waals surface area contributed by atoms with Crippen LogP contribution in [0, 0.1) is 13.8 Å². The van der Waals surface area contributed by atoms with Crippen molar-refractivity contribution in [2.75, 3.05) is 20.7 Å². The summed E-state index contributed by atoms with van der Waals surface area (Å²) < 4.78 is 13.4. The normalized spacial score (nSPS) is 13.8. The Bertz CT molecular complexity index is 1370. The van der Waals surface area contributed by atoms with Gasteiger partial charge in [0, 0.05) is 18.0 Å². The third-order valence-electron chi connectivity index (χ3n) is 6.19. The second kappa shape index (κ2) is 9.19. The van der Waals surface area contributed by atoms with Gasteiger partial charge in [0.15, 0.2) is 0 Å². The molecule has 0 N–H and O–H groups in total. The Morgan fingerprint density at radius 3 is 2.79 bits per heavy atom. The number of aryl methyl sites for hydroxylation is 2. The molecule has 5 rings (SSSR count). The fourth-order valence-electron chi connectivity index (χ4n) is 4.30. The lowest BCUT2D eigenvalue weighted by Crippen LogP contribution is -2.30. The first-order valence-electron chi connectivity index (χ1n) is 11.3. The second-order valence-corrected chi connectivity index (χ2v) is 9.89. The number of rotatable bonds is 6. The van der Waals surface area contributed by atoms with E-state index in [0.29, 0.717) is 0 Å². The number of thiazole rings is 1. The minimum absolute atomic E-state index is 0.199. The molecule has 0 atom stereocenters. The Hall–Kier alpha value is -3.23. The van der Waals surface area contributed by atoms with Crippen molar-refractivity contribution < 1.29 is 14.3 Å². The third kappa shape index (κ3) is 4.43. The van der Waals surface area contributed by atoms with E-state index >= 15 is 0 Å². The van der Waals surface area contributed by atoms with Crippen molar-refractivity contribution in [1.29, 1.82) is 0 Å². The molecule has 1 aliphatic heterocycles. The zero-order valence-electron chi connectivity index (χ0n) is 19.9. The molecule has 0 fully saturated rings. The number of ether oxygens (including phenoxy) is 2. The molecule has 7 nitrogen and oxygen atoms in total. The number of nitrogens with zero attached hydrogens (tertiary/aromatic N) is 4. The number of hydrogen-bond donors (Lipinski definition) is 0. The molecule has 8 heteroatoms. The van der Waals surface area contributed by atoms with Gasteiger partial charge in [0.25, 0.3) is 0 Å². The average molecular weight is 477 g/mol. The molecule has 0 bridgehead atoms. The van der Waals surface area contributed by atoms with Gasteiger partial charge >= 0.3 is 5.97 Å². The monoisotopic (exact) mass is 476 g/mol. The van der Waals surface area contributed by atoms with E-state index in [1.165, 1.54) is 11.3 Å². The van der Waals surface area contributed by atoms with Crippen LogP contribution in [0.2, 0.25) is 0 Å². The largest absolute Gasteiger partial charge is 0.496 e. The van der Waals surface area contributed by atoms with Gasteiger partial charge in [-0.2, -0.15) is 0 Å². The topological polar surface area (TPSA) is 69.5 Å². The molecule has 0 amide bonds. The van der Waals surface area contributed by atoms with Crippen LogP contribution in [0.1, 0.15) is 27.5 Å². The van der Waals surface area contributed by atoms with E-state index < -0.39 is 0 Å². The second-order valence-electron chi connectivity index (χ2n) is 8.81. The summed E-state index contributed by atoms with van der Waals surface area (Å²) in [6.45, 7) is 7.00. The smallest absolute Gasteiger partial charge is 0.311 e. The molecule has 0 aliphatic carbocycles. The van der Waals surface area contributed by atoms with Gasteiger partial charge in [-0.25, -0.2) is 9.97 Å². The Balaban J connectivity index is 1.26. The summed E-state index contributed by atoms with van der Waals surface area (Å²) in [7, 11) is 3.77. The van der Waals surface area contributed by atoms with Crippen LogP contribution in [-0.2, 0) is 35.6 Å². The Kier molecular flexibility index (Phi) is 6.10. The molecule has 0 unspecified atom stereocenters. The van der Waals surface area contributed by atoms with Crippen LogP contribution in [0.4, 0.5) is 0 Å². The molecule has 0 saturated heterocycles. The lowest BCUT2D eigenvalue weighted by Gasteiger charge is -2.23. The van der Waals surface area contributed by atoms with Gasteiger partial charge in [-0.1, -0.05) is 12.1 Å². The average Bonchev–Trinajstić information content (AvgIpc) is 3.36. The van der Waals surface area contributed by atoms with E-state index in [1.54, 1.807) is 7.11 Å². The summed E-state index contributed by atoms with van der Waals surface area (Å²) >= 11 is 1.51. The molecule has 4 aromatic rings. The Labute approximate surface area is 203 Å². The van der Waals surface area contributed by atoms with Crippen molar-refractivity contribution in [2.24, 2.45) is 0 Å². The van der Waals surface area contributed by atoms with E-state index in [-0.39, 0.29) is 19.0 Å². The Morgan fingerprint density at radius 2 is 1.97 bits per heavy atom. The molecular formula is C26H28N4O3S. The van der Waals surface area contributed by atoms with Crippen LogP contribution in [0.5, 0.6) is 5.75 Å². The highest BCUT2D eigenvalue weighted by Crippen LogP contribution is 2.35. The minimum atomic E-state index is -0.264. The van der Waals surface area contributed by atoms with E-state index in [0.717, 1.165) is 74.5 Å². The van der Waals surface area contributed by atoms with Crippen LogP contribution < -0.4 is 4.74 Å². The van der Waals surface area contributed by atoms with E-state index in [2.05, 4.69) is 27.6 Å². The van der Waals surface area contributed by atoms with Crippen LogP contribution >= 0.6 is 11.3 Å². The molecule has 2 aromatic heterocycles. The Morgan fingerprint density at radius 1 is 1.12 bits per heavy atom. The number of carbonyl (C=O) groups is 1. The van der Waals surface area contributed by atoms with Gasteiger partial charge in [-0.3, -0.25) is 9.69 Å². The maximum absolute atomic E-state index is 12.6. The van der Waals surface area contributed by atoms with Crippen LogP contribution in [-0.4, -0.2) is 46.1 Å². The van der Waals surface area contributed by atoms with Crippen molar-refractivity contribution in [3.8, 4) is 16.3 Å². The third-order valence-corrected chi connectivity index (χ3v) is 7.38. The highest BCUT2D eigenvalue weighted by molar-refractivity contribution is 7.15. The molecule has 34 heavy (non-hydrogen) atoms. The number of carbonyl (C=O) groups excluding carboxylic acids is 1. The number of methoxy groups -OCH3 is 1. The minimum Gasteiger partial charge on any atom is -0.496 e. The van der Waals surface area contributed by atoms with E-state index in [4.69, 9.17) is 14.5 Å². The standard InChI is InChI=1S/C26H28N4O3S/c1-16-5-7-19(22(11-16)32-4)26-27-17(2)23(34-26)13-25(31)33-15-18-6-8-21-20(12-18)28-24-14-29(3)9-10-30(21)24/h5-8,11-12H,9-10,13-15H2,1-4H3. The van der Waals surface area contributed by atoms with Crippen LogP contribution in [0.25, 0.3) is 21.6 Å². The van der Waals surface area contributed by atoms with Gasteiger partial charge in [-0.15, -0.1) is 11.3 Å². The maximum atomic E-state index is 12.6. The summed E-state index contributed by atoms with van der Waals surface area (Å²) in [5.74, 6) is 1.60. The number of imidazole rings is 1. The quantitative estimate of drug-likeness (QED) is 0.381. The van der Waals surface area contributed by atoms with Crippen molar-refractivity contribution in [1.82, 2.24) is 19.4 Å². The van der Waals surface area contributed by atoms with Crippen LogP contribution in [0.15, 0.2) is 36.4 Å². The first kappa shape index (κ1) is 22.6. The zero-order valence-corrected chi connectivity index (χ0v) is 20.7. The summed E-state index contributed by atoms with van der Waals surface area (Å²) in [6.07, 6.45) is 0.199. The first-order chi connectivity index (χ1) is 16.4. The summed E-state index contributed by atoms with van der Waals surface area (Å²) in [5.41, 5.74) is 5.93. The number of likely N-dealkylation sites (N-methyl/N-ethyl adjacent to an activating group) is 1. The molecule has 2 aromatic carbocycles.